The molecule has 0 aliphatic heterocycles. The van der Waals surface area contributed by atoms with Crippen molar-refractivity contribution in [3.8, 4) is 0 Å². The molecule has 1 atom stereocenters. The topological polar surface area (TPSA) is 20.2 Å². The van der Waals surface area contributed by atoms with Crippen molar-refractivity contribution >= 4 is 11.6 Å². The zero-order chi connectivity index (χ0) is 10.8. The summed E-state index contributed by atoms with van der Waals surface area (Å²) >= 11 is 6.06. The van der Waals surface area contributed by atoms with E-state index in [1.165, 1.54) is 0 Å². The molecule has 1 aromatic carbocycles. The molecule has 0 saturated carbocycles. The molecule has 0 bridgehead atoms. The predicted molar refractivity (Wildman–Crippen MR) is 60.7 cm³/mol. The second kappa shape index (κ2) is 4.33. The van der Waals surface area contributed by atoms with E-state index in [1.54, 1.807) is 0 Å². The SMILES string of the molecule is CCCC(C)(O)c1cc(C)ccc1Cl. The Morgan fingerprint density at radius 3 is 2.64 bits per heavy atom. The molecule has 0 fully saturated rings. The molecule has 2 heteroatoms. The van der Waals surface area contributed by atoms with Crippen LogP contribution in [0.2, 0.25) is 5.02 Å². The number of hydrogen-bond donors (Lipinski definition) is 1. The number of aliphatic hydroxyl groups is 1. The first-order valence-electron chi connectivity index (χ1n) is 4.96. The lowest BCUT2D eigenvalue weighted by Gasteiger charge is -2.24. The molecule has 0 aromatic heterocycles. The summed E-state index contributed by atoms with van der Waals surface area (Å²) in [6, 6.07) is 5.75. The zero-order valence-corrected chi connectivity index (χ0v) is 9.73. The maximum atomic E-state index is 10.2. The number of aryl methyl sites for hydroxylation is 1. The minimum atomic E-state index is -0.808. The molecule has 14 heavy (non-hydrogen) atoms. The second-order valence-electron chi connectivity index (χ2n) is 4.01. The van der Waals surface area contributed by atoms with Crippen molar-refractivity contribution in [2.24, 2.45) is 0 Å². The first kappa shape index (κ1) is 11.5. The lowest BCUT2D eigenvalue weighted by molar-refractivity contribution is 0.0470. The molecule has 1 rings (SSSR count). The van der Waals surface area contributed by atoms with Crippen LogP contribution in [0, 0.1) is 6.92 Å². The highest BCUT2D eigenvalue weighted by Gasteiger charge is 2.24. The van der Waals surface area contributed by atoms with Crippen LogP contribution in [-0.4, -0.2) is 5.11 Å². The van der Waals surface area contributed by atoms with Crippen LogP contribution >= 0.6 is 11.6 Å². The summed E-state index contributed by atoms with van der Waals surface area (Å²) in [6.07, 6.45) is 1.67. The fraction of sp³-hybridized carbons (Fsp3) is 0.500. The Morgan fingerprint density at radius 1 is 1.43 bits per heavy atom. The molecule has 1 nitrogen and oxygen atoms in total. The fourth-order valence-electron chi connectivity index (χ4n) is 1.67. The maximum Gasteiger partial charge on any atom is 0.0882 e. The van der Waals surface area contributed by atoms with E-state index in [4.69, 9.17) is 11.6 Å². The Hall–Kier alpha value is -0.530. The highest BCUT2D eigenvalue weighted by molar-refractivity contribution is 6.31. The number of benzene rings is 1. The van der Waals surface area contributed by atoms with Gasteiger partial charge in [-0.2, -0.15) is 0 Å². The molecule has 0 aliphatic carbocycles. The van der Waals surface area contributed by atoms with Gasteiger partial charge in [-0.05, 0) is 26.3 Å². The van der Waals surface area contributed by atoms with Gasteiger partial charge in [-0.25, -0.2) is 0 Å². The van der Waals surface area contributed by atoms with Gasteiger partial charge in [-0.3, -0.25) is 0 Å². The van der Waals surface area contributed by atoms with Crippen LogP contribution in [0.1, 0.15) is 37.8 Å². The van der Waals surface area contributed by atoms with Crippen LogP contribution in [-0.2, 0) is 5.60 Å². The molecule has 0 aliphatic rings. The second-order valence-corrected chi connectivity index (χ2v) is 4.41. The average Bonchev–Trinajstić information content (AvgIpc) is 2.09. The van der Waals surface area contributed by atoms with Crippen LogP contribution in [0.4, 0.5) is 0 Å². The van der Waals surface area contributed by atoms with Crippen LogP contribution in [0.5, 0.6) is 0 Å². The van der Waals surface area contributed by atoms with Gasteiger partial charge >= 0.3 is 0 Å². The lowest BCUT2D eigenvalue weighted by atomic mass is 9.90. The quantitative estimate of drug-likeness (QED) is 0.811. The molecule has 1 unspecified atom stereocenters. The third-order valence-corrected chi connectivity index (χ3v) is 2.77. The van der Waals surface area contributed by atoms with Crippen molar-refractivity contribution in [1.29, 1.82) is 0 Å². The normalized spacial score (nSPS) is 15.2. The molecule has 0 saturated heterocycles. The van der Waals surface area contributed by atoms with E-state index < -0.39 is 5.60 Å². The van der Waals surface area contributed by atoms with E-state index in [1.807, 2.05) is 32.0 Å². The number of rotatable bonds is 3. The van der Waals surface area contributed by atoms with Crippen molar-refractivity contribution in [2.75, 3.05) is 0 Å². The Labute approximate surface area is 90.7 Å². The van der Waals surface area contributed by atoms with Crippen molar-refractivity contribution < 1.29 is 5.11 Å². The van der Waals surface area contributed by atoms with Gasteiger partial charge < -0.3 is 5.11 Å². The first-order chi connectivity index (χ1) is 6.47. The third-order valence-electron chi connectivity index (χ3n) is 2.44. The standard InChI is InChI=1S/C12H17ClO/c1-4-7-12(3,14)10-8-9(2)5-6-11(10)13/h5-6,8,14H,4,7H2,1-3H3. The fourth-order valence-corrected chi connectivity index (χ4v) is 1.99. The van der Waals surface area contributed by atoms with E-state index >= 15 is 0 Å². The largest absolute Gasteiger partial charge is 0.385 e. The van der Waals surface area contributed by atoms with Crippen LogP contribution in [0.25, 0.3) is 0 Å². The Bertz CT molecular complexity index is 318. The average molecular weight is 213 g/mol. The zero-order valence-electron chi connectivity index (χ0n) is 8.97. The molecule has 1 N–H and O–H groups in total. The van der Waals surface area contributed by atoms with E-state index in [0.717, 1.165) is 24.0 Å². The summed E-state index contributed by atoms with van der Waals surface area (Å²) in [6.45, 7) is 5.87. The smallest absolute Gasteiger partial charge is 0.0882 e. The summed E-state index contributed by atoms with van der Waals surface area (Å²) in [5.74, 6) is 0. The predicted octanol–water partition coefficient (Wildman–Crippen LogP) is 3.66. The van der Waals surface area contributed by atoms with Crippen molar-refractivity contribution in [3.63, 3.8) is 0 Å². The van der Waals surface area contributed by atoms with Gasteiger partial charge in [0.1, 0.15) is 0 Å². The minimum Gasteiger partial charge on any atom is -0.385 e. The van der Waals surface area contributed by atoms with Crippen LogP contribution in [0.3, 0.4) is 0 Å². The van der Waals surface area contributed by atoms with Gasteiger partial charge in [0.25, 0.3) is 0 Å². The summed E-state index contributed by atoms with van der Waals surface area (Å²) in [5.41, 5.74) is 1.15. The first-order valence-corrected chi connectivity index (χ1v) is 5.34. The molecular weight excluding hydrogens is 196 g/mol. The van der Waals surface area contributed by atoms with Gasteiger partial charge in [-0.15, -0.1) is 0 Å². The molecule has 0 spiro atoms. The van der Waals surface area contributed by atoms with Crippen LogP contribution < -0.4 is 0 Å². The van der Waals surface area contributed by atoms with E-state index in [0.29, 0.717) is 5.02 Å². The van der Waals surface area contributed by atoms with Gasteiger partial charge in [-0.1, -0.05) is 42.6 Å². The number of halogens is 1. The summed E-state index contributed by atoms with van der Waals surface area (Å²) in [7, 11) is 0. The molecule has 0 heterocycles. The minimum absolute atomic E-state index is 0.647. The molecule has 0 amide bonds. The maximum absolute atomic E-state index is 10.2. The summed E-state index contributed by atoms with van der Waals surface area (Å²) in [5, 5.41) is 10.9. The van der Waals surface area contributed by atoms with E-state index in [9.17, 15) is 5.11 Å². The highest BCUT2D eigenvalue weighted by Crippen LogP contribution is 2.32. The molecule has 1 aromatic rings. The summed E-state index contributed by atoms with van der Waals surface area (Å²) in [4.78, 5) is 0. The Morgan fingerprint density at radius 2 is 2.07 bits per heavy atom. The summed E-state index contributed by atoms with van der Waals surface area (Å²) < 4.78 is 0. The van der Waals surface area contributed by atoms with Crippen LogP contribution in [0.15, 0.2) is 18.2 Å². The lowest BCUT2D eigenvalue weighted by Crippen LogP contribution is -2.21. The molecular formula is C12H17ClO. The van der Waals surface area contributed by atoms with Crippen molar-refractivity contribution in [2.45, 2.75) is 39.2 Å². The highest BCUT2D eigenvalue weighted by atomic mass is 35.5. The van der Waals surface area contributed by atoms with Gasteiger partial charge in [0.2, 0.25) is 0 Å². The van der Waals surface area contributed by atoms with E-state index in [2.05, 4.69) is 6.92 Å². The monoisotopic (exact) mass is 212 g/mol. The van der Waals surface area contributed by atoms with Crippen molar-refractivity contribution in [1.82, 2.24) is 0 Å². The Balaban J connectivity index is 3.10. The van der Waals surface area contributed by atoms with Gasteiger partial charge in [0.05, 0.1) is 5.60 Å². The van der Waals surface area contributed by atoms with Gasteiger partial charge in [0.15, 0.2) is 0 Å². The third kappa shape index (κ3) is 2.49. The number of hydrogen-bond acceptors (Lipinski definition) is 1. The molecule has 78 valence electrons. The van der Waals surface area contributed by atoms with Gasteiger partial charge in [0, 0.05) is 10.6 Å². The Kier molecular flexibility index (Phi) is 3.57. The van der Waals surface area contributed by atoms with Crippen molar-refractivity contribution in [3.05, 3.63) is 34.3 Å². The molecule has 0 radical (unpaired) electrons. The van der Waals surface area contributed by atoms with E-state index in [-0.39, 0.29) is 0 Å².